The van der Waals surface area contributed by atoms with Gasteiger partial charge in [0.25, 0.3) is 0 Å². The fourth-order valence-electron chi connectivity index (χ4n) is 3.04. The van der Waals surface area contributed by atoms with Crippen molar-refractivity contribution in [1.29, 1.82) is 0 Å². The van der Waals surface area contributed by atoms with Gasteiger partial charge in [-0.25, -0.2) is 17.6 Å². The standard InChI is InChI=1S/C22H25FN2O6S/c1-15(26)24-20(14-16-7-6-8-17(23)13-16)21(27)25-19(22(28)31-2)11-12-32(29,30)18-9-4-3-5-10-18/h3-10,13,19-20H,11-12,14H2,1-2H3,(H,24,26)(H,25,27)/t19-,20+/m1/s1. The normalized spacial score (nSPS) is 13.0. The Morgan fingerprint density at radius 3 is 2.28 bits per heavy atom. The number of nitrogens with one attached hydrogen (secondary N) is 2. The smallest absolute Gasteiger partial charge is 0.328 e. The van der Waals surface area contributed by atoms with Crippen molar-refractivity contribution in [3.05, 3.63) is 66.0 Å². The molecule has 32 heavy (non-hydrogen) atoms. The third-order valence-corrected chi connectivity index (χ3v) is 6.37. The monoisotopic (exact) mass is 464 g/mol. The fraction of sp³-hybridized carbons (Fsp3) is 0.318. The highest BCUT2D eigenvalue weighted by Crippen LogP contribution is 2.13. The zero-order valence-corrected chi connectivity index (χ0v) is 18.5. The van der Waals surface area contributed by atoms with Crippen LogP contribution >= 0.6 is 0 Å². The Kier molecular flexibility index (Phi) is 8.89. The average Bonchev–Trinajstić information content (AvgIpc) is 2.75. The number of sulfone groups is 1. The fourth-order valence-corrected chi connectivity index (χ4v) is 4.39. The SMILES string of the molecule is COC(=O)[C@@H](CCS(=O)(=O)c1ccccc1)NC(=O)[C@H](Cc1cccc(F)c1)NC(C)=O. The molecule has 0 saturated carbocycles. The second-order valence-electron chi connectivity index (χ2n) is 7.09. The van der Waals surface area contributed by atoms with Gasteiger partial charge in [-0.05, 0) is 36.2 Å². The molecule has 2 N–H and O–H groups in total. The number of hydrogen-bond donors (Lipinski definition) is 2. The topological polar surface area (TPSA) is 119 Å². The molecule has 2 aromatic carbocycles. The molecule has 0 bridgehead atoms. The zero-order valence-electron chi connectivity index (χ0n) is 17.7. The van der Waals surface area contributed by atoms with Crippen LogP contribution in [0.25, 0.3) is 0 Å². The number of amides is 2. The van der Waals surface area contributed by atoms with Gasteiger partial charge in [-0.3, -0.25) is 9.59 Å². The minimum atomic E-state index is -3.70. The molecular formula is C22H25FN2O6S. The second-order valence-corrected chi connectivity index (χ2v) is 9.20. The van der Waals surface area contributed by atoms with Gasteiger partial charge in [-0.1, -0.05) is 30.3 Å². The summed E-state index contributed by atoms with van der Waals surface area (Å²) in [7, 11) is -2.58. The van der Waals surface area contributed by atoms with Crippen LogP contribution in [0.4, 0.5) is 4.39 Å². The second kappa shape index (κ2) is 11.4. The van der Waals surface area contributed by atoms with Gasteiger partial charge < -0.3 is 15.4 Å². The lowest BCUT2D eigenvalue weighted by molar-refractivity contribution is -0.145. The van der Waals surface area contributed by atoms with Crippen molar-refractivity contribution < 1.29 is 31.9 Å². The predicted octanol–water partition coefficient (Wildman–Crippen LogP) is 1.39. The quantitative estimate of drug-likeness (QED) is 0.513. The lowest BCUT2D eigenvalue weighted by atomic mass is 10.0. The van der Waals surface area contributed by atoms with E-state index in [2.05, 4.69) is 10.6 Å². The van der Waals surface area contributed by atoms with Gasteiger partial charge in [0.2, 0.25) is 11.8 Å². The van der Waals surface area contributed by atoms with Crippen LogP contribution in [0.3, 0.4) is 0 Å². The van der Waals surface area contributed by atoms with E-state index in [1.54, 1.807) is 24.3 Å². The van der Waals surface area contributed by atoms with Gasteiger partial charge in [0, 0.05) is 13.3 Å². The van der Waals surface area contributed by atoms with E-state index in [4.69, 9.17) is 4.74 Å². The molecule has 2 atom stereocenters. The van der Waals surface area contributed by atoms with Crippen LogP contribution in [0.2, 0.25) is 0 Å². The number of benzene rings is 2. The Morgan fingerprint density at radius 1 is 1.00 bits per heavy atom. The first-order valence-corrected chi connectivity index (χ1v) is 11.4. The molecule has 172 valence electrons. The van der Waals surface area contributed by atoms with Gasteiger partial charge in [-0.2, -0.15) is 0 Å². The summed E-state index contributed by atoms with van der Waals surface area (Å²) in [6.45, 7) is 1.22. The number of ether oxygens (including phenoxy) is 1. The Balaban J connectivity index is 2.14. The van der Waals surface area contributed by atoms with Crippen LogP contribution in [-0.4, -0.2) is 51.1 Å². The summed E-state index contributed by atoms with van der Waals surface area (Å²) >= 11 is 0. The van der Waals surface area contributed by atoms with Crippen molar-refractivity contribution in [3.63, 3.8) is 0 Å². The molecular weight excluding hydrogens is 439 g/mol. The lowest BCUT2D eigenvalue weighted by Gasteiger charge is -2.22. The van der Waals surface area contributed by atoms with Gasteiger partial charge in [0.15, 0.2) is 9.84 Å². The van der Waals surface area contributed by atoms with E-state index in [1.807, 2.05) is 0 Å². The highest BCUT2D eigenvalue weighted by Gasteiger charge is 2.29. The van der Waals surface area contributed by atoms with E-state index in [-0.39, 0.29) is 17.7 Å². The van der Waals surface area contributed by atoms with Crippen LogP contribution in [0, 0.1) is 5.82 Å². The van der Waals surface area contributed by atoms with E-state index >= 15 is 0 Å². The van der Waals surface area contributed by atoms with Crippen molar-refractivity contribution >= 4 is 27.6 Å². The summed E-state index contributed by atoms with van der Waals surface area (Å²) in [6.07, 6.45) is -0.262. The van der Waals surface area contributed by atoms with Gasteiger partial charge >= 0.3 is 5.97 Å². The number of halogens is 1. The maximum absolute atomic E-state index is 13.5. The van der Waals surface area contributed by atoms with Crippen molar-refractivity contribution in [3.8, 4) is 0 Å². The Bertz CT molecular complexity index is 1060. The van der Waals surface area contributed by atoms with Crippen molar-refractivity contribution in [1.82, 2.24) is 10.6 Å². The van der Waals surface area contributed by atoms with Crippen LogP contribution in [0.1, 0.15) is 18.9 Å². The largest absolute Gasteiger partial charge is 0.467 e. The van der Waals surface area contributed by atoms with E-state index in [0.717, 1.165) is 7.11 Å². The molecule has 0 aliphatic carbocycles. The molecule has 0 heterocycles. The number of carbonyl (C=O) groups is 3. The van der Waals surface area contributed by atoms with Crippen LogP contribution in [0.5, 0.6) is 0 Å². The third kappa shape index (κ3) is 7.45. The van der Waals surface area contributed by atoms with Crippen LogP contribution < -0.4 is 10.6 Å². The Hall–Kier alpha value is -3.27. The average molecular weight is 465 g/mol. The number of hydrogen-bond acceptors (Lipinski definition) is 6. The predicted molar refractivity (Wildman–Crippen MR) is 115 cm³/mol. The Labute approximate surface area is 186 Å². The molecule has 10 heteroatoms. The molecule has 2 rings (SSSR count). The highest BCUT2D eigenvalue weighted by molar-refractivity contribution is 7.91. The molecule has 0 saturated heterocycles. The Morgan fingerprint density at radius 2 is 1.69 bits per heavy atom. The van der Waals surface area contributed by atoms with Crippen molar-refractivity contribution in [2.75, 3.05) is 12.9 Å². The molecule has 0 fully saturated rings. The summed E-state index contributed by atoms with van der Waals surface area (Å²) in [5.41, 5.74) is 0.458. The minimum Gasteiger partial charge on any atom is -0.467 e. The zero-order chi connectivity index (χ0) is 23.7. The first kappa shape index (κ1) is 25.0. The van der Waals surface area contributed by atoms with Gasteiger partial charge in [0.1, 0.15) is 17.9 Å². The van der Waals surface area contributed by atoms with Gasteiger partial charge in [-0.15, -0.1) is 0 Å². The van der Waals surface area contributed by atoms with Gasteiger partial charge in [0.05, 0.1) is 17.8 Å². The summed E-state index contributed by atoms with van der Waals surface area (Å²) in [4.78, 5) is 36.7. The van der Waals surface area contributed by atoms with E-state index < -0.39 is 51.3 Å². The van der Waals surface area contributed by atoms with Crippen molar-refractivity contribution in [2.24, 2.45) is 0 Å². The van der Waals surface area contributed by atoms with Crippen LogP contribution in [0.15, 0.2) is 59.5 Å². The van der Waals surface area contributed by atoms with Crippen molar-refractivity contribution in [2.45, 2.75) is 36.7 Å². The number of rotatable bonds is 10. The van der Waals surface area contributed by atoms with E-state index in [9.17, 15) is 27.2 Å². The lowest BCUT2D eigenvalue weighted by Crippen LogP contribution is -2.52. The summed E-state index contributed by atoms with van der Waals surface area (Å²) < 4.78 is 43.2. The molecule has 0 spiro atoms. The molecule has 2 aromatic rings. The molecule has 0 aromatic heterocycles. The van der Waals surface area contributed by atoms with E-state index in [1.165, 1.54) is 37.3 Å². The van der Waals surface area contributed by atoms with E-state index in [0.29, 0.717) is 5.56 Å². The molecule has 0 aliphatic rings. The first-order chi connectivity index (χ1) is 15.1. The molecule has 0 aliphatic heterocycles. The molecule has 0 unspecified atom stereocenters. The number of methoxy groups -OCH3 is 1. The first-order valence-electron chi connectivity index (χ1n) is 9.80. The van der Waals surface area contributed by atoms with Crippen LogP contribution in [-0.2, 0) is 35.4 Å². The summed E-state index contributed by atoms with van der Waals surface area (Å²) in [5, 5.41) is 4.91. The molecule has 8 nitrogen and oxygen atoms in total. The summed E-state index contributed by atoms with van der Waals surface area (Å²) in [6, 6.07) is 10.9. The number of carbonyl (C=O) groups excluding carboxylic acids is 3. The minimum absolute atomic E-state index is 0.0284. The molecule has 0 radical (unpaired) electrons. The maximum Gasteiger partial charge on any atom is 0.328 e. The summed E-state index contributed by atoms with van der Waals surface area (Å²) in [5.74, 6) is -2.96. The highest BCUT2D eigenvalue weighted by atomic mass is 32.2. The maximum atomic E-state index is 13.5. The number of esters is 1. The third-order valence-electron chi connectivity index (χ3n) is 4.60. The molecule has 2 amide bonds.